The molecule has 7 heteroatoms. The van der Waals surface area contributed by atoms with Crippen molar-refractivity contribution in [1.29, 1.82) is 0 Å². The molecule has 204 valence electrons. The van der Waals surface area contributed by atoms with Gasteiger partial charge in [0.1, 0.15) is 5.76 Å². The third kappa shape index (κ3) is 5.66. The molecule has 4 aromatic rings. The quantitative estimate of drug-likeness (QED) is 0.336. The second-order valence-electron chi connectivity index (χ2n) is 10.9. The first-order valence-corrected chi connectivity index (χ1v) is 14.4. The summed E-state index contributed by atoms with van der Waals surface area (Å²) < 4.78 is 6.51. The monoisotopic (exact) mass is 524 g/mol. The van der Waals surface area contributed by atoms with Crippen LogP contribution >= 0.6 is 0 Å². The number of fused-ring (bicyclic) bond motifs is 1. The van der Waals surface area contributed by atoms with E-state index in [2.05, 4.69) is 105 Å². The fourth-order valence-corrected chi connectivity index (χ4v) is 5.86. The molecule has 7 nitrogen and oxygen atoms in total. The molecule has 2 aliphatic rings. The van der Waals surface area contributed by atoms with E-state index in [0.29, 0.717) is 11.8 Å². The number of hydrogen-bond acceptors (Lipinski definition) is 7. The van der Waals surface area contributed by atoms with E-state index in [1.165, 1.54) is 5.69 Å². The molecule has 0 atom stereocenters. The lowest BCUT2D eigenvalue weighted by molar-refractivity contribution is 0.209. The summed E-state index contributed by atoms with van der Waals surface area (Å²) in [6.45, 7) is 15.1. The minimum Gasteiger partial charge on any atom is -0.437 e. The van der Waals surface area contributed by atoms with Gasteiger partial charge in [0.15, 0.2) is 0 Å². The lowest BCUT2D eigenvalue weighted by Gasteiger charge is -2.38. The van der Waals surface area contributed by atoms with Crippen molar-refractivity contribution in [3.05, 3.63) is 66.9 Å². The molecule has 39 heavy (non-hydrogen) atoms. The normalized spacial score (nSPS) is 17.3. The van der Waals surface area contributed by atoms with Crippen LogP contribution in [0.2, 0.25) is 0 Å². The van der Waals surface area contributed by atoms with Crippen molar-refractivity contribution in [3.63, 3.8) is 0 Å². The van der Waals surface area contributed by atoms with Crippen LogP contribution in [-0.2, 0) is 0 Å². The van der Waals surface area contributed by atoms with Crippen molar-refractivity contribution in [3.8, 4) is 22.5 Å². The van der Waals surface area contributed by atoms with Crippen LogP contribution in [0.1, 0.15) is 13.8 Å². The number of anilines is 2. The smallest absolute Gasteiger partial charge is 0.229 e. The number of aromatic nitrogens is 1. The first kappa shape index (κ1) is 25.9. The second kappa shape index (κ2) is 11.8. The lowest BCUT2D eigenvalue weighted by Crippen LogP contribution is -2.48. The van der Waals surface area contributed by atoms with Gasteiger partial charge in [0.05, 0.1) is 5.39 Å². The van der Waals surface area contributed by atoms with E-state index < -0.39 is 0 Å². The van der Waals surface area contributed by atoms with Crippen molar-refractivity contribution < 1.29 is 4.42 Å². The molecule has 2 aliphatic heterocycles. The molecule has 0 spiro atoms. The number of benzene rings is 2. The molecule has 2 aromatic carbocycles. The zero-order chi connectivity index (χ0) is 26.6. The van der Waals surface area contributed by atoms with E-state index in [0.717, 1.165) is 99.0 Å². The molecule has 0 bridgehead atoms. The van der Waals surface area contributed by atoms with Crippen molar-refractivity contribution >= 4 is 22.5 Å². The van der Waals surface area contributed by atoms with Crippen molar-refractivity contribution in [2.75, 3.05) is 75.7 Å². The van der Waals surface area contributed by atoms with Crippen LogP contribution in [-0.4, -0.2) is 86.3 Å². The molecule has 0 aliphatic carbocycles. The summed E-state index contributed by atoms with van der Waals surface area (Å²) in [5, 5.41) is 8.18. The fourth-order valence-electron chi connectivity index (χ4n) is 5.86. The van der Waals surface area contributed by atoms with E-state index >= 15 is 0 Å². The van der Waals surface area contributed by atoms with E-state index in [1.807, 2.05) is 6.20 Å². The van der Waals surface area contributed by atoms with Crippen LogP contribution in [0.4, 0.5) is 11.4 Å². The summed E-state index contributed by atoms with van der Waals surface area (Å²) in [7, 11) is 0. The number of nitrogens with one attached hydrogen (secondary N) is 2. The highest BCUT2D eigenvalue weighted by Crippen LogP contribution is 2.43. The Hall–Kier alpha value is -3.39. The van der Waals surface area contributed by atoms with Crippen LogP contribution in [0, 0.1) is 0 Å². The molecule has 0 amide bonds. The highest BCUT2D eigenvalue weighted by Gasteiger charge is 2.23. The standard InChI is InChI=1S/C32H40N6O/c1-24(2)37-20-22-38(23-21-37)27-10-8-26(9-11-27)31-29(25-6-4-3-5-7-25)30-28(12-13-35-32(30)39-31)34-16-19-36-17-14-33-15-18-36/h3-13,24,33H,14-23H2,1-2H3,(H,34,35). The van der Waals surface area contributed by atoms with Gasteiger partial charge < -0.3 is 20.0 Å². The van der Waals surface area contributed by atoms with Crippen LogP contribution < -0.4 is 15.5 Å². The average molecular weight is 525 g/mol. The van der Waals surface area contributed by atoms with E-state index in [-0.39, 0.29) is 0 Å². The number of rotatable bonds is 8. The van der Waals surface area contributed by atoms with Gasteiger partial charge in [-0.3, -0.25) is 9.80 Å². The predicted octanol–water partition coefficient (Wildman–Crippen LogP) is 5.01. The van der Waals surface area contributed by atoms with E-state index in [1.54, 1.807) is 0 Å². The lowest BCUT2D eigenvalue weighted by atomic mass is 9.98. The molecule has 2 saturated heterocycles. The summed E-state index contributed by atoms with van der Waals surface area (Å²) in [6, 6.07) is 22.1. The Morgan fingerprint density at radius 1 is 0.872 bits per heavy atom. The maximum atomic E-state index is 6.51. The van der Waals surface area contributed by atoms with E-state index in [9.17, 15) is 0 Å². The van der Waals surface area contributed by atoms with Crippen LogP contribution in [0.3, 0.4) is 0 Å². The second-order valence-corrected chi connectivity index (χ2v) is 10.9. The third-order valence-corrected chi connectivity index (χ3v) is 8.15. The maximum absolute atomic E-state index is 6.51. The first-order valence-electron chi connectivity index (χ1n) is 14.4. The Bertz CT molecular complexity index is 1350. The first-order chi connectivity index (χ1) is 19.2. The van der Waals surface area contributed by atoms with Crippen LogP contribution in [0.15, 0.2) is 71.3 Å². The molecule has 4 heterocycles. The van der Waals surface area contributed by atoms with E-state index in [4.69, 9.17) is 4.42 Å². The SMILES string of the molecule is CC(C)N1CCN(c2ccc(-c3oc4nccc(NCCN5CCNCC5)c4c3-c3ccccc3)cc2)CC1. The summed E-state index contributed by atoms with van der Waals surface area (Å²) >= 11 is 0. The van der Waals surface area contributed by atoms with Crippen LogP contribution in [0.25, 0.3) is 33.6 Å². The predicted molar refractivity (Wildman–Crippen MR) is 162 cm³/mol. The topological polar surface area (TPSA) is 59.8 Å². The molecule has 2 aromatic heterocycles. The van der Waals surface area contributed by atoms with Gasteiger partial charge in [-0.15, -0.1) is 0 Å². The van der Waals surface area contributed by atoms with Gasteiger partial charge in [0, 0.05) is 100 Å². The largest absolute Gasteiger partial charge is 0.437 e. The maximum Gasteiger partial charge on any atom is 0.229 e. The highest BCUT2D eigenvalue weighted by atomic mass is 16.3. The molecule has 0 unspecified atom stereocenters. The number of piperazine rings is 2. The molecule has 2 N–H and O–H groups in total. The Kier molecular flexibility index (Phi) is 7.81. The van der Waals surface area contributed by atoms with Crippen molar-refractivity contribution in [2.24, 2.45) is 0 Å². The molecule has 0 radical (unpaired) electrons. The number of furan rings is 1. The molecule has 2 fully saturated rings. The average Bonchev–Trinajstić information content (AvgIpc) is 3.39. The van der Waals surface area contributed by atoms with Gasteiger partial charge in [0.25, 0.3) is 0 Å². The summed E-state index contributed by atoms with van der Waals surface area (Å²) in [5.41, 5.74) is 6.32. The minimum absolute atomic E-state index is 0.606. The van der Waals surface area contributed by atoms with Crippen molar-refractivity contribution in [1.82, 2.24) is 20.1 Å². The summed E-state index contributed by atoms with van der Waals surface area (Å²) in [4.78, 5) is 12.2. The number of pyridine rings is 1. The zero-order valence-corrected chi connectivity index (χ0v) is 23.2. The van der Waals surface area contributed by atoms with Gasteiger partial charge in [0.2, 0.25) is 5.71 Å². The van der Waals surface area contributed by atoms with Crippen molar-refractivity contribution in [2.45, 2.75) is 19.9 Å². The van der Waals surface area contributed by atoms with Gasteiger partial charge in [-0.1, -0.05) is 30.3 Å². The Morgan fingerprint density at radius 3 is 2.33 bits per heavy atom. The molecular formula is C32H40N6O. The number of hydrogen-bond donors (Lipinski definition) is 2. The molecule has 0 saturated carbocycles. The Balaban J connectivity index is 1.30. The van der Waals surface area contributed by atoms with Gasteiger partial charge >= 0.3 is 0 Å². The van der Waals surface area contributed by atoms with Gasteiger partial charge in [-0.25, -0.2) is 4.98 Å². The zero-order valence-electron chi connectivity index (χ0n) is 23.2. The molecule has 6 rings (SSSR count). The molecular weight excluding hydrogens is 484 g/mol. The third-order valence-electron chi connectivity index (χ3n) is 8.15. The Labute approximate surface area is 231 Å². The van der Waals surface area contributed by atoms with Crippen LogP contribution in [0.5, 0.6) is 0 Å². The van der Waals surface area contributed by atoms with Gasteiger partial charge in [-0.2, -0.15) is 0 Å². The Morgan fingerprint density at radius 2 is 1.62 bits per heavy atom. The summed E-state index contributed by atoms with van der Waals surface area (Å²) in [6.07, 6.45) is 1.84. The highest BCUT2D eigenvalue weighted by molar-refractivity contribution is 6.06. The summed E-state index contributed by atoms with van der Waals surface area (Å²) in [5.74, 6) is 0.872. The number of nitrogens with zero attached hydrogens (tertiary/aromatic N) is 4. The minimum atomic E-state index is 0.606. The van der Waals surface area contributed by atoms with Gasteiger partial charge in [-0.05, 0) is 49.7 Å². The fraction of sp³-hybridized carbons (Fsp3) is 0.406.